The molecule has 0 aliphatic rings. The molecule has 0 aliphatic heterocycles. The maximum Gasteiger partial charge on any atom is 0.255 e. The Morgan fingerprint density at radius 2 is 1.96 bits per heavy atom. The molecule has 0 saturated carbocycles. The van der Waals surface area contributed by atoms with Gasteiger partial charge in [-0.25, -0.2) is 4.39 Å². The monoisotopic (exact) mass is 390 g/mol. The summed E-state index contributed by atoms with van der Waals surface area (Å²) in [4.78, 5) is 25.2. The van der Waals surface area contributed by atoms with Gasteiger partial charge < -0.3 is 15.4 Å². The third-order valence-corrected chi connectivity index (χ3v) is 4.58. The number of hydrogen-bond donors (Lipinski definition) is 2. The minimum Gasteiger partial charge on any atom is -0.496 e. The van der Waals surface area contributed by atoms with Crippen molar-refractivity contribution in [1.82, 2.24) is 10.6 Å². The van der Waals surface area contributed by atoms with Gasteiger partial charge in [-0.15, -0.1) is 0 Å². The largest absolute Gasteiger partial charge is 0.496 e. The van der Waals surface area contributed by atoms with Crippen molar-refractivity contribution in [2.24, 2.45) is 0 Å². The van der Waals surface area contributed by atoms with Crippen LogP contribution in [0.1, 0.15) is 22.3 Å². The van der Waals surface area contributed by atoms with Crippen molar-refractivity contribution in [3.63, 3.8) is 0 Å². The topological polar surface area (TPSA) is 67.4 Å². The lowest BCUT2D eigenvalue weighted by molar-refractivity contribution is -0.123. The van der Waals surface area contributed by atoms with Crippen LogP contribution in [0.25, 0.3) is 0 Å². The number of carbonyl (C=O) groups excluding carboxylic acids is 2. The Kier molecular flexibility index (Phi) is 8.13. The minimum atomic E-state index is -0.691. The highest BCUT2D eigenvalue weighted by molar-refractivity contribution is 7.98. The molecule has 0 aliphatic carbocycles. The van der Waals surface area contributed by atoms with Crippen molar-refractivity contribution in [1.29, 1.82) is 0 Å². The summed E-state index contributed by atoms with van der Waals surface area (Å²) in [6.45, 7) is 0.191. The van der Waals surface area contributed by atoms with E-state index < -0.39 is 6.04 Å². The Hall–Kier alpha value is -2.54. The Balaban J connectivity index is 2.04. The summed E-state index contributed by atoms with van der Waals surface area (Å²) in [5.41, 5.74) is 1.02. The number of hydrogen-bond acceptors (Lipinski definition) is 4. The van der Waals surface area contributed by atoms with E-state index in [0.29, 0.717) is 29.1 Å². The second kappa shape index (κ2) is 10.6. The number of ether oxygens (including phenoxy) is 1. The second-order valence-corrected chi connectivity index (χ2v) is 6.84. The first-order valence-corrected chi connectivity index (χ1v) is 9.89. The van der Waals surface area contributed by atoms with Crippen LogP contribution < -0.4 is 15.4 Å². The zero-order chi connectivity index (χ0) is 19.6. The van der Waals surface area contributed by atoms with Gasteiger partial charge in [-0.05, 0) is 48.3 Å². The lowest BCUT2D eigenvalue weighted by Gasteiger charge is -2.19. The van der Waals surface area contributed by atoms with Crippen molar-refractivity contribution in [3.05, 3.63) is 65.5 Å². The Labute approximate surface area is 162 Å². The van der Waals surface area contributed by atoms with Crippen LogP contribution in [0.4, 0.5) is 4.39 Å². The molecule has 0 radical (unpaired) electrons. The molecule has 0 fully saturated rings. The van der Waals surface area contributed by atoms with Gasteiger partial charge in [-0.1, -0.05) is 24.3 Å². The van der Waals surface area contributed by atoms with Crippen LogP contribution in [-0.4, -0.2) is 37.0 Å². The fourth-order valence-corrected chi connectivity index (χ4v) is 3.00. The highest BCUT2D eigenvalue weighted by atomic mass is 32.2. The van der Waals surface area contributed by atoms with E-state index in [1.54, 1.807) is 48.2 Å². The first-order valence-electron chi connectivity index (χ1n) is 8.50. The maximum atomic E-state index is 13.3. The van der Waals surface area contributed by atoms with Crippen molar-refractivity contribution in [2.45, 2.75) is 19.0 Å². The minimum absolute atomic E-state index is 0.191. The van der Waals surface area contributed by atoms with Gasteiger partial charge in [0.25, 0.3) is 5.91 Å². The molecule has 2 aromatic rings. The molecule has 0 saturated heterocycles. The number of rotatable bonds is 9. The molecule has 27 heavy (non-hydrogen) atoms. The van der Waals surface area contributed by atoms with Gasteiger partial charge in [0.1, 0.15) is 17.6 Å². The Morgan fingerprint density at radius 3 is 2.67 bits per heavy atom. The van der Waals surface area contributed by atoms with Crippen LogP contribution in [-0.2, 0) is 11.3 Å². The van der Waals surface area contributed by atoms with Gasteiger partial charge in [-0.2, -0.15) is 11.8 Å². The summed E-state index contributed by atoms with van der Waals surface area (Å²) in [5.74, 6) is 0.115. The molecule has 0 heterocycles. The van der Waals surface area contributed by atoms with E-state index in [1.165, 1.54) is 19.2 Å². The predicted molar refractivity (Wildman–Crippen MR) is 105 cm³/mol. The van der Waals surface area contributed by atoms with E-state index in [4.69, 9.17) is 4.74 Å². The summed E-state index contributed by atoms with van der Waals surface area (Å²) in [6, 6.07) is 12.2. The molecule has 1 unspecified atom stereocenters. The maximum absolute atomic E-state index is 13.3. The molecule has 2 rings (SSSR count). The number of benzene rings is 2. The van der Waals surface area contributed by atoms with Crippen molar-refractivity contribution in [3.8, 4) is 5.75 Å². The van der Waals surface area contributed by atoms with Crippen LogP contribution in [0.2, 0.25) is 0 Å². The lowest BCUT2D eigenvalue weighted by Crippen LogP contribution is -2.47. The number of amides is 2. The SMILES string of the molecule is COc1ccccc1C(=O)NC(CCSC)C(=O)NCc1cccc(F)c1. The van der Waals surface area contributed by atoms with E-state index in [0.717, 1.165) is 0 Å². The standard InChI is InChI=1S/C20H23FN2O3S/c1-26-18-9-4-3-8-16(18)19(24)23-17(10-11-27-2)20(25)22-13-14-6-5-7-15(21)12-14/h3-9,12,17H,10-11,13H2,1-2H3,(H,22,25)(H,23,24). The number of nitrogens with one attached hydrogen (secondary N) is 2. The van der Waals surface area contributed by atoms with Gasteiger partial charge in [0.15, 0.2) is 0 Å². The summed E-state index contributed by atoms with van der Waals surface area (Å²) in [6.07, 6.45) is 2.42. The highest BCUT2D eigenvalue weighted by Gasteiger charge is 2.22. The quantitative estimate of drug-likeness (QED) is 0.691. The summed E-state index contributed by atoms with van der Waals surface area (Å²) in [7, 11) is 1.49. The van der Waals surface area contributed by atoms with Gasteiger partial charge in [0, 0.05) is 6.54 Å². The van der Waals surface area contributed by atoms with Crippen LogP contribution in [0, 0.1) is 5.82 Å². The zero-order valence-corrected chi connectivity index (χ0v) is 16.1. The van der Waals surface area contributed by atoms with E-state index in [9.17, 15) is 14.0 Å². The number of methoxy groups -OCH3 is 1. The Bertz CT molecular complexity index is 785. The average molecular weight is 390 g/mol. The molecule has 1 atom stereocenters. The smallest absolute Gasteiger partial charge is 0.255 e. The molecule has 7 heteroatoms. The van der Waals surface area contributed by atoms with Crippen LogP contribution in [0.15, 0.2) is 48.5 Å². The number of para-hydroxylation sites is 1. The third-order valence-electron chi connectivity index (χ3n) is 3.94. The molecule has 2 aromatic carbocycles. The molecule has 0 aromatic heterocycles. The average Bonchev–Trinajstić information content (AvgIpc) is 2.69. The van der Waals surface area contributed by atoms with Gasteiger partial charge in [0.05, 0.1) is 12.7 Å². The highest BCUT2D eigenvalue weighted by Crippen LogP contribution is 2.17. The number of halogens is 1. The van der Waals surface area contributed by atoms with Crippen molar-refractivity contribution < 1.29 is 18.7 Å². The van der Waals surface area contributed by atoms with E-state index >= 15 is 0 Å². The first kappa shape index (κ1) is 20.8. The first-order chi connectivity index (χ1) is 13.0. The third kappa shape index (κ3) is 6.29. The molecule has 5 nitrogen and oxygen atoms in total. The van der Waals surface area contributed by atoms with Gasteiger partial charge in [-0.3, -0.25) is 9.59 Å². The van der Waals surface area contributed by atoms with Crippen LogP contribution in [0.5, 0.6) is 5.75 Å². The molecular formula is C20H23FN2O3S. The number of thioether (sulfide) groups is 1. The molecular weight excluding hydrogens is 367 g/mol. The predicted octanol–water partition coefficient (Wildman–Crippen LogP) is 3.00. The molecule has 2 amide bonds. The van der Waals surface area contributed by atoms with Crippen LogP contribution >= 0.6 is 11.8 Å². The lowest BCUT2D eigenvalue weighted by atomic mass is 10.1. The number of carbonyl (C=O) groups is 2. The van der Waals surface area contributed by atoms with Gasteiger partial charge >= 0.3 is 0 Å². The fourth-order valence-electron chi connectivity index (χ4n) is 2.53. The Morgan fingerprint density at radius 1 is 1.19 bits per heavy atom. The molecule has 0 spiro atoms. The van der Waals surface area contributed by atoms with Crippen LogP contribution in [0.3, 0.4) is 0 Å². The molecule has 2 N–H and O–H groups in total. The second-order valence-electron chi connectivity index (χ2n) is 5.86. The summed E-state index contributed by atoms with van der Waals surface area (Å²) < 4.78 is 18.5. The van der Waals surface area contributed by atoms with E-state index in [2.05, 4.69) is 10.6 Å². The van der Waals surface area contributed by atoms with Gasteiger partial charge in [0.2, 0.25) is 5.91 Å². The summed E-state index contributed by atoms with van der Waals surface area (Å²) in [5, 5.41) is 5.53. The van der Waals surface area contributed by atoms with Crippen molar-refractivity contribution >= 4 is 23.6 Å². The van der Waals surface area contributed by atoms with Crippen molar-refractivity contribution in [2.75, 3.05) is 19.1 Å². The molecule has 144 valence electrons. The summed E-state index contributed by atoms with van der Waals surface area (Å²) >= 11 is 1.59. The van der Waals surface area contributed by atoms with E-state index in [-0.39, 0.29) is 24.2 Å². The molecule has 0 bridgehead atoms. The normalized spacial score (nSPS) is 11.5. The zero-order valence-electron chi connectivity index (χ0n) is 15.3. The fraction of sp³-hybridized carbons (Fsp3) is 0.300. The van der Waals surface area contributed by atoms with E-state index in [1.807, 2.05) is 6.26 Å².